The molecular formula is C18H13Cl2N5O. The highest BCUT2D eigenvalue weighted by Crippen LogP contribution is 2.27. The van der Waals surface area contributed by atoms with Crippen molar-refractivity contribution in [1.29, 1.82) is 5.26 Å². The third-order valence-corrected chi connectivity index (χ3v) is 4.32. The minimum absolute atomic E-state index is 0.204. The van der Waals surface area contributed by atoms with E-state index in [1.54, 1.807) is 48.5 Å². The Labute approximate surface area is 160 Å². The van der Waals surface area contributed by atoms with E-state index in [0.717, 1.165) is 5.56 Å². The molecule has 3 aromatic rings. The SMILES string of the molecule is N#Cc1ccccc1Nc1nc(Cc2c(Cl)cccc2Cl)cc(NO)n1. The molecule has 0 amide bonds. The minimum atomic E-state index is 0.204. The Balaban J connectivity index is 1.96. The van der Waals surface area contributed by atoms with Crippen molar-refractivity contribution >= 4 is 40.7 Å². The standard InChI is InChI=1S/C18H13Cl2N5O/c19-14-5-3-6-15(20)13(14)8-12-9-17(25-26)24-18(22-12)23-16-7-2-1-4-11(16)10-21/h1-7,9,26H,8H2,(H2,22,23,24,25). The predicted octanol–water partition coefficient (Wildman–Crippen LogP) is 4.79. The third kappa shape index (κ3) is 4.03. The Morgan fingerprint density at radius 1 is 1.04 bits per heavy atom. The summed E-state index contributed by atoms with van der Waals surface area (Å²) in [7, 11) is 0. The fraction of sp³-hybridized carbons (Fsp3) is 0.0556. The van der Waals surface area contributed by atoms with Crippen molar-refractivity contribution in [2.45, 2.75) is 6.42 Å². The van der Waals surface area contributed by atoms with E-state index in [0.29, 0.717) is 33.4 Å². The van der Waals surface area contributed by atoms with E-state index in [1.165, 1.54) is 0 Å². The van der Waals surface area contributed by atoms with Crippen LogP contribution in [0.25, 0.3) is 0 Å². The molecule has 0 aliphatic heterocycles. The molecule has 0 bridgehead atoms. The summed E-state index contributed by atoms with van der Waals surface area (Å²) in [6.07, 6.45) is 0.351. The summed E-state index contributed by atoms with van der Waals surface area (Å²) in [6, 6.07) is 15.9. The van der Waals surface area contributed by atoms with Gasteiger partial charge >= 0.3 is 0 Å². The van der Waals surface area contributed by atoms with E-state index in [9.17, 15) is 10.5 Å². The number of nitrogens with zero attached hydrogens (tertiary/aromatic N) is 3. The molecule has 6 nitrogen and oxygen atoms in total. The van der Waals surface area contributed by atoms with Gasteiger partial charge in [-0.05, 0) is 29.8 Å². The Kier molecular flexibility index (Phi) is 5.54. The number of hydrogen-bond acceptors (Lipinski definition) is 6. The lowest BCUT2D eigenvalue weighted by Gasteiger charge is -2.11. The highest BCUT2D eigenvalue weighted by Gasteiger charge is 2.11. The highest BCUT2D eigenvalue weighted by atomic mass is 35.5. The Morgan fingerprint density at radius 3 is 2.46 bits per heavy atom. The van der Waals surface area contributed by atoms with Gasteiger partial charge in [0.2, 0.25) is 5.95 Å². The molecule has 1 aromatic heterocycles. The molecule has 0 spiro atoms. The zero-order chi connectivity index (χ0) is 18.5. The van der Waals surface area contributed by atoms with E-state index >= 15 is 0 Å². The highest BCUT2D eigenvalue weighted by molar-refractivity contribution is 6.36. The van der Waals surface area contributed by atoms with Crippen molar-refractivity contribution in [3.8, 4) is 6.07 Å². The summed E-state index contributed by atoms with van der Waals surface area (Å²) in [5.41, 5.74) is 4.34. The van der Waals surface area contributed by atoms with E-state index in [-0.39, 0.29) is 11.8 Å². The summed E-state index contributed by atoms with van der Waals surface area (Å²) < 4.78 is 0. The maximum Gasteiger partial charge on any atom is 0.229 e. The van der Waals surface area contributed by atoms with Gasteiger partial charge in [0, 0.05) is 22.5 Å². The van der Waals surface area contributed by atoms with E-state index < -0.39 is 0 Å². The molecule has 0 radical (unpaired) electrons. The van der Waals surface area contributed by atoms with Gasteiger partial charge in [-0.15, -0.1) is 0 Å². The smallest absolute Gasteiger partial charge is 0.229 e. The second-order valence-corrected chi connectivity index (χ2v) is 6.15. The molecule has 0 atom stereocenters. The van der Waals surface area contributed by atoms with Crippen LogP contribution in [0.15, 0.2) is 48.5 Å². The lowest BCUT2D eigenvalue weighted by molar-refractivity contribution is 0.385. The van der Waals surface area contributed by atoms with Crippen molar-refractivity contribution < 1.29 is 5.21 Å². The normalized spacial score (nSPS) is 10.2. The van der Waals surface area contributed by atoms with E-state index in [4.69, 9.17) is 23.2 Å². The first-order chi connectivity index (χ1) is 12.6. The number of nitriles is 1. The molecule has 8 heteroatoms. The summed E-state index contributed by atoms with van der Waals surface area (Å²) in [6.45, 7) is 0. The van der Waals surface area contributed by atoms with Crippen LogP contribution in [-0.2, 0) is 6.42 Å². The van der Waals surface area contributed by atoms with Crippen molar-refractivity contribution in [1.82, 2.24) is 9.97 Å². The second-order valence-electron chi connectivity index (χ2n) is 5.34. The monoisotopic (exact) mass is 385 g/mol. The number of aromatic nitrogens is 2. The van der Waals surface area contributed by atoms with Crippen LogP contribution in [0.3, 0.4) is 0 Å². The fourth-order valence-electron chi connectivity index (χ4n) is 2.39. The van der Waals surface area contributed by atoms with Crippen molar-refractivity contribution in [2.24, 2.45) is 0 Å². The van der Waals surface area contributed by atoms with Crippen LogP contribution in [0.4, 0.5) is 17.5 Å². The molecule has 0 unspecified atom stereocenters. The van der Waals surface area contributed by atoms with Crippen LogP contribution < -0.4 is 10.8 Å². The number of halogens is 2. The first-order valence-corrected chi connectivity index (χ1v) is 8.33. The summed E-state index contributed by atoms with van der Waals surface area (Å²) in [5, 5.41) is 22.5. The third-order valence-electron chi connectivity index (χ3n) is 3.61. The number of rotatable bonds is 5. The van der Waals surface area contributed by atoms with Gasteiger partial charge in [-0.2, -0.15) is 10.2 Å². The number of hydrogen-bond donors (Lipinski definition) is 3. The van der Waals surface area contributed by atoms with Gasteiger partial charge in [0.1, 0.15) is 6.07 Å². The molecule has 1 heterocycles. The Hall–Kier alpha value is -2.85. The lowest BCUT2D eigenvalue weighted by atomic mass is 10.1. The summed E-state index contributed by atoms with van der Waals surface area (Å²) in [4.78, 5) is 8.58. The average molecular weight is 386 g/mol. The maximum absolute atomic E-state index is 9.26. The Bertz CT molecular complexity index is 967. The first kappa shape index (κ1) is 18.0. The van der Waals surface area contributed by atoms with Gasteiger partial charge in [-0.25, -0.2) is 4.98 Å². The van der Waals surface area contributed by atoms with Gasteiger partial charge in [0.05, 0.1) is 16.9 Å². The van der Waals surface area contributed by atoms with Gasteiger partial charge in [-0.1, -0.05) is 41.4 Å². The van der Waals surface area contributed by atoms with Crippen LogP contribution in [0.1, 0.15) is 16.8 Å². The van der Waals surface area contributed by atoms with Crippen LogP contribution in [0, 0.1) is 11.3 Å². The number of nitrogens with one attached hydrogen (secondary N) is 2. The minimum Gasteiger partial charge on any atom is -0.323 e. The number of para-hydroxylation sites is 1. The van der Waals surface area contributed by atoms with E-state index in [1.807, 2.05) is 5.48 Å². The van der Waals surface area contributed by atoms with E-state index in [2.05, 4.69) is 21.4 Å². The molecule has 2 aromatic carbocycles. The lowest BCUT2D eigenvalue weighted by Crippen LogP contribution is -2.05. The van der Waals surface area contributed by atoms with Crippen LogP contribution in [-0.4, -0.2) is 15.2 Å². The zero-order valence-corrected chi connectivity index (χ0v) is 14.9. The first-order valence-electron chi connectivity index (χ1n) is 7.58. The van der Waals surface area contributed by atoms with Gasteiger partial charge in [-0.3, -0.25) is 10.7 Å². The molecular weight excluding hydrogens is 373 g/mol. The molecule has 130 valence electrons. The predicted molar refractivity (Wildman–Crippen MR) is 101 cm³/mol. The van der Waals surface area contributed by atoms with Gasteiger partial charge in [0.25, 0.3) is 0 Å². The Morgan fingerprint density at radius 2 is 1.77 bits per heavy atom. The van der Waals surface area contributed by atoms with Crippen LogP contribution >= 0.6 is 23.2 Å². The maximum atomic E-state index is 9.26. The number of anilines is 3. The molecule has 0 aliphatic rings. The largest absolute Gasteiger partial charge is 0.323 e. The quantitative estimate of drug-likeness (QED) is 0.546. The summed E-state index contributed by atoms with van der Waals surface area (Å²) in [5.74, 6) is 0.431. The molecule has 3 rings (SSSR count). The van der Waals surface area contributed by atoms with Crippen LogP contribution in [0.2, 0.25) is 10.0 Å². The second kappa shape index (κ2) is 8.02. The topological polar surface area (TPSA) is 93.9 Å². The molecule has 26 heavy (non-hydrogen) atoms. The summed E-state index contributed by atoms with van der Waals surface area (Å²) >= 11 is 12.4. The van der Waals surface area contributed by atoms with Gasteiger partial charge < -0.3 is 5.32 Å². The van der Waals surface area contributed by atoms with Gasteiger partial charge in [0.15, 0.2) is 5.82 Å². The molecule has 3 N–H and O–H groups in total. The fourth-order valence-corrected chi connectivity index (χ4v) is 2.92. The average Bonchev–Trinajstić information content (AvgIpc) is 2.65. The van der Waals surface area contributed by atoms with Crippen LogP contribution in [0.5, 0.6) is 0 Å². The molecule has 0 saturated heterocycles. The number of benzene rings is 2. The van der Waals surface area contributed by atoms with Crippen molar-refractivity contribution in [3.05, 3.63) is 75.4 Å². The molecule has 0 aliphatic carbocycles. The molecule has 0 saturated carbocycles. The van der Waals surface area contributed by atoms with Crippen molar-refractivity contribution in [3.63, 3.8) is 0 Å². The molecule has 0 fully saturated rings. The van der Waals surface area contributed by atoms with Crippen molar-refractivity contribution in [2.75, 3.05) is 10.8 Å². The zero-order valence-electron chi connectivity index (χ0n) is 13.4.